The highest BCUT2D eigenvalue weighted by Gasteiger charge is 2.84. The number of carbonyl (C=O) groups excluding carboxylic acids is 1. The number of halogens is 3. The molecule has 22 heavy (non-hydrogen) atoms. The second-order valence-corrected chi connectivity index (χ2v) is 10.1. The van der Waals surface area contributed by atoms with Gasteiger partial charge in [0.15, 0.2) is 18.9 Å². The van der Waals surface area contributed by atoms with Gasteiger partial charge in [0.05, 0.1) is 6.04 Å². The zero-order valence-electron chi connectivity index (χ0n) is 12.2. The lowest BCUT2D eigenvalue weighted by Crippen LogP contribution is -2.46. The minimum absolute atomic E-state index is 0.365. The Kier molecular flexibility index (Phi) is 4.64. The van der Waals surface area contributed by atoms with Gasteiger partial charge in [-0.1, -0.05) is 58.2 Å². The van der Waals surface area contributed by atoms with E-state index < -0.39 is 30.7 Å². The Labute approximate surface area is 148 Å². The molecule has 0 unspecified atom stereocenters. The quantitative estimate of drug-likeness (QED) is 0.748. The SMILES string of the molecule is C[C@@H](NC(=O)[C@]1(S(C)(=O)=O)[C@@H](C)C1(Cl)Cl)c1ccc(Br)cc1. The van der Waals surface area contributed by atoms with E-state index in [1.807, 2.05) is 24.3 Å². The molecule has 0 saturated heterocycles. The third kappa shape index (κ3) is 2.58. The number of amides is 1. The first-order chi connectivity index (χ1) is 9.96. The van der Waals surface area contributed by atoms with Gasteiger partial charge >= 0.3 is 0 Å². The maximum atomic E-state index is 12.6. The summed E-state index contributed by atoms with van der Waals surface area (Å²) in [5, 5.41) is 2.71. The van der Waals surface area contributed by atoms with Crippen molar-refractivity contribution >= 4 is 54.9 Å². The Morgan fingerprint density at radius 1 is 1.32 bits per heavy atom. The minimum Gasteiger partial charge on any atom is -0.348 e. The molecule has 3 atom stereocenters. The average Bonchev–Trinajstić information content (AvgIpc) is 2.84. The summed E-state index contributed by atoms with van der Waals surface area (Å²) in [5.74, 6) is -1.33. The molecule has 122 valence electrons. The molecule has 8 heteroatoms. The zero-order chi connectivity index (χ0) is 16.9. The van der Waals surface area contributed by atoms with Crippen LogP contribution in [0, 0.1) is 5.92 Å². The van der Waals surface area contributed by atoms with Gasteiger partial charge < -0.3 is 5.32 Å². The molecule has 0 spiro atoms. The molecule has 1 saturated carbocycles. The lowest BCUT2D eigenvalue weighted by molar-refractivity contribution is -0.122. The summed E-state index contributed by atoms with van der Waals surface area (Å²) in [6.45, 7) is 3.33. The van der Waals surface area contributed by atoms with Gasteiger partial charge in [0.1, 0.15) is 0 Å². The van der Waals surface area contributed by atoms with Crippen molar-refractivity contribution < 1.29 is 13.2 Å². The molecule has 0 aliphatic heterocycles. The molecule has 0 aromatic heterocycles. The third-order valence-corrected chi connectivity index (χ3v) is 8.24. The Hall–Kier alpha value is -0.300. The molecule has 1 N–H and O–H groups in total. The third-order valence-electron chi connectivity index (χ3n) is 4.21. The summed E-state index contributed by atoms with van der Waals surface area (Å²) in [5.41, 5.74) is 0.850. The molecule has 0 bridgehead atoms. The molecule has 1 aliphatic carbocycles. The van der Waals surface area contributed by atoms with Crippen LogP contribution in [0.2, 0.25) is 0 Å². The van der Waals surface area contributed by atoms with Gasteiger partial charge in [-0.3, -0.25) is 4.79 Å². The average molecular weight is 429 g/mol. The number of hydrogen-bond donors (Lipinski definition) is 1. The number of alkyl halides is 2. The van der Waals surface area contributed by atoms with Gasteiger partial charge in [-0.05, 0) is 24.6 Å². The normalized spacial score (nSPS) is 28.0. The second-order valence-electron chi connectivity index (χ2n) is 5.60. The van der Waals surface area contributed by atoms with Crippen LogP contribution in [0.5, 0.6) is 0 Å². The monoisotopic (exact) mass is 427 g/mol. The van der Waals surface area contributed by atoms with Crippen LogP contribution in [0.4, 0.5) is 0 Å². The summed E-state index contributed by atoms with van der Waals surface area (Å²) >= 11 is 15.5. The molecule has 1 fully saturated rings. The Balaban J connectivity index is 2.26. The number of nitrogens with one attached hydrogen (secondary N) is 1. The summed E-state index contributed by atoms with van der Waals surface area (Å²) in [6, 6.07) is 7.01. The van der Waals surface area contributed by atoms with Crippen LogP contribution >= 0.6 is 39.1 Å². The van der Waals surface area contributed by atoms with Gasteiger partial charge in [0, 0.05) is 16.6 Å². The van der Waals surface area contributed by atoms with Crippen molar-refractivity contribution in [3.8, 4) is 0 Å². The zero-order valence-corrected chi connectivity index (χ0v) is 16.1. The Bertz CT molecular complexity index is 705. The van der Waals surface area contributed by atoms with Gasteiger partial charge in [-0.2, -0.15) is 0 Å². The molecule has 2 rings (SSSR count). The van der Waals surface area contributed by atoms with E-state index >= 15 is 0 Å². The van der Waals surface area contributed by atoms with E-state index in [0.29, 0.717) is 0 Å². The van der Waals surface area contributed by atoms with E-state index in [-0.39, 0.29) is 6.04 Å². The largest absolute Gasteiger partial charge is 0.348 e. The Morgan fingerprint density at radius 3 is 2.14 bits per heavy atom. The van der Waals surface area contributed by atoms with E-state index in [1.165, 1.54) is 0 Å². The first-order valence-corrected chi connectivity index (χ1v) is 10.0. The highest BCUT2D eigenvalue weighted by atomic mass is 79.9. The summed E-state index contributed by atoms with van der Waals surface area (Å²) < 4.78 is 21.7. The molecule has 0 heterocycles. The van der Waals surface area contributed by atoms with Crippen molar-refractivity contribution in [3.05, 3.63) is 34.3 Å². The maximum Gasteiger partial charge on any atom is 0.245 e. The molecular weight excluding hydrogens is 413 g/mol. The summed E-state index contributed by atoms with van der Waals surface area (Å²) in [7, 11) is -3.77. The minimum atomic E-state index is -3.77. The standard InChI is InChI=1S/C14H16BrCl2NO3S/c1-8(10-4-6-11(15)7-5-10)18-12(19)13(22(3,20)21)9(2)14(13,16)17/h4-9H,1-3H3,(H,18,19)/t8-,9-,13-/m1/s1. The maximum absolute atomic E-state index is 12.6. The van der Waals surface area contributed by atoms with Crippen LogP contribution in [-0.2, 0) is 14.6 Å². The smallest absolute Gasteiger partial charge is 0.245 e. The highest BCUT2D eigenvalue weighted by molar-refractivity contribution is 9.10. The Morgan fingerprint density at radius 2 is 1.77 bits per heavy atom. The van der Waals surface area contributed by atoms with Crippen molar-refractivity contribution in [3.63, 3.8) is 0 Å². The van der Waals surface area contributed by atoms with Crippen molar-refractivity contribution in [2.24, 2.45) is 5.92 Å². The van der Waals surface area contributed by atoms with Gasteiger partial charge in [0.2, 0.25) is 5.91 Å². The fourth-order valence-electron chi connectivity index (χ4n) is 2.77. The van der Waals surface area contributed by atoms with Gasteiger partial charge in [-0.15, -0.1) is 0 Å². The molecule has 4 nitrogen and oxygen atoms in total. The van der Waals surface area contributed by atoms with Crippen LogP contribution < -0.4 is 5.32 Å². The lowest BCUT2D eigenvalue weighted by atomic mass is 10.1. The number of rotatable bonds is 4. The van der Waals surface area contributed by atoms with Crippen molar-refractivity contribution in [2.75, 3.05) is 6.26 Å². The first kappa shape index (κ1) is 18.0. The first-order valence-electron chi connectivity index (χ1n) is 6.60. The summed E-state index contributed by atoms with van der Waals surface area (Å²) in [6.07, 6.45) is 0.986. The number of sulfone groups is 1. The van der Waals surface area contributed by atoms with Crippen LogP contribution in [-0.4, -0.2) is 29.7 Å². The molecule has 1 aromatic carbocycles. The van der Waals surface area contributed by atoms with Crippen molar-refractivity contribution in [2.45, 2.75) is 29.0 Å². The van der Waals surface area contributed by atoms with Crippen LogP contribution in [0.3, 0.4) is 0 Å². The number of benzene rings is 1. The van der Waals surface area contributed by atoms with E-state index in [1.54, 1.807) is 13.8 Å². The molecule has 1 aromatic rings. The van der Waals surface area contributed by atoms with E-state index in [4.69, 9.17) is 23.2 Å². The van der Waals surface area contributed by atoms with Gasteiger partial charge in [-0.25, -0.2) is 8.42 Å². The highest BCUT2D eigenvalue weighted by Crippen LogP contribution is 2.66. The predicted octanol–water partition coefficient (Wildman–Crippen LogP) is 3.23. The van der Waals surface area contributed by atoms with E-state index in [9.17, 15) is 13.2 Å². The number of hydrogen-bond acceptors (Lipinski definition) is 3. The van der Waals surface area contributed by atoms with Gasteiger partial charge in [0.25, 0.3) is 0 Å². The van der Waals surface area contributed by atoms with Crippen molar-refractivity contribution in [1.82, 2.24) is 5.32 Å². The molecular formula is C14H16BrCl2NO3S. The molecule has 0 radical (unpaired) electrons. The second kappa shape index (κ2) is 5.65. The fraction of sp³-hybridized carbons (Fsp3) is 0.500. The summed E-state index contributed by atoms with van der Waals surface area (Å²) in [4.78, 5) is 12.6. The van der Waals surface area contributed by atoms with Crippen LogP contribution in [0.15, 0.2) is 28.7 Å². The fourth-order valence-corrected chi connectivity index (χ4v) is 6.54. The van der Waals surface area contributed by atoms with Crippen LogP contribution in [0.25, 0.3) is 0 Å². The molecule has 1 amide bonds. The number of carbonyl (C=O) groups is 1. The van der Waals surface area contributed by atoms with E-state index in [0.717, 1.165) is 16.3 Å². The predicted molar refractivity (Wildman–Crippen MR) is 91.9 cm³/mol. The van der Waals surface area contributed by atoms with E-state index in [2.05, 4.69) is 21.2 Å². The van der Waals surface area contributed by atoms with Crippen molar-refractivity contribution in [1.29, 1.82) is 0 Å². The lowest BCUT2D eigenvalue weighted by Gasteiger charge is -2.20. The van der Waals surface area contributed by atoms with Crippen LogP contribution in [0.1, 0.15) is 25.5 Å². The molecule has 1 aliphatic rings. The topological polar surface area (TPSA) is 63.2 Å².